The van der Waals surface area contributed by atoms with Crippen molar-refractivity contribution in [3.05, 3.63) is 101 Å². The van der Waals surface area contributed by atoms with E-state index in [1.54, 1.807) is 41.2 Å². The number of anilines is 1. The van der Waals surface area contributed by atoms with Crippen molar-refractivity contribution in [1.29, 1.82) is 0 Å². The van der Waals surface area contributed by atoms with Gasteiger partial charge in [0, 0.05) is 22.4 Å². The minimum Gasteiger partial charge on any atom is -0.467 e. The number of halogens is 1. The number of carbonyl (C=O) groups is 2. The Hall–Kier alpha value is -3.65. The van der Waals surface area contributed by atoms with Gasteiger partial charge in [-0.2, -0.15) is 5.10 Å². The maximum Gasteiger partial charge on any atom is 0.254 e. The highest BCUT2D eigenvalue weighted by Gasteiger charge is 2.21. The molecule has 4 rings (SSSR count). The number of nitrogens with one attached hydrogen (secondary N) is 1. The van der Waals surface area contributed by atoms with E-state index in [4.69, 9.17) is 4.42 Å². The molecule has 2 aromatic heterocycles. The monoisotopic (exact) mass is 478 g/mol. The van der Waals surface area contributed by atoms with E-state index < -0.39 is 0 Å². The van der Waals surface area contributed by atoms with Crippen LogP contribution in [0.25, 0.3) is 5.69 Å². The predicted octanol–water partition coefficient (Wildman–Crippen LogP) is 4.51. The van der Waals surface area contributed by atoms with Crippen molar-refractivity contribution in [2.75, 3.05) is 11.9 Å². The van der Waals surface area contributed by atoms with E-state index in [9.17, 15) is 9.59 Å². The molecule has 31 heavy (non-hydrogen) atoms. The molecule has 0 aliphatic heterocycles. The molecule has 0 spiro atoms. The Morgan fingerprint density at radius 3 is 2.52 bits per heavy atom. The first-order valence-corrected chi connectivity index (χ1v) is 10.4. The summed E-state index contributed by atoms with van der Waals surface area (Å²) < 4.78 is 7.87. The highest BCUT2D eigenvalue weighted by Crippen LogP contribution is 2.21. The standard InChI is InChI=1S/C23H19BrN4O3/c24-20-6-1-2-7-21(20)26-22(29)16-27(15-19-5-3-14-31-19)23(30)17-8-10-18(11-9-17)28-13-4-12-25-28/h1-14H,15-16H2,(H,26,29). The van der Waals surface area contributed by atoms with Crippen molar-refractivity contribution in [3.63, 3.8) is 0 Å². The molecule has 0 saturated carbocycles. The maximum atomic E-state index is 13.2. The molecule has 2 amide bonds. The molecular weight excluding hydrogens is 460 g/mol. The number of hydrogen-bond acceptors (Lipinski definition) is 4. The molecule has 0 fully saturated rings. The number of hydrogen-bond donors (Lipinski definition) is 1. The maximum absolute atomic E-state index is 13.2. The zero-order chi connectivity index (χ0) is 21.6. The third kappa shape index (κ3) is 5.10. The number of para-hydroxylation sites is 1. The summed E-state index contributed by atoms with van der Waals surface area (Å²) in [6, 6.07) is 19.7. The first-order chi connectivity index (χ1) is 15.1. The van der Waals surface area contributed by atoms with Gasteiger partial charge in [-0.1, -0.05) is 12.1 Å². The van der Waals surface area contributed by atoms with E-state index >= 15 is 0 Å². The summed E-state index contributed by atoms with van der Waals surface area (Å²) in [5.41, 5.74) is 1.95. The van der Waals surface area contributed by atoms with Crippen LogP contribution in [0.2, 0.25) is 0 Å². The van der Waals surface area contributed by atoms with Crippen LogP contribution in [0.4, 0.5) is 5.69 Å². The van der Waals surface area contributed by atoms with E-state index in [0.29, 0.717) is 17.0 Å². The summed E-state index contributed by atoms with van der Waals surface area (Å²) in [4.78, 5) is 27.3. The first kappa shape index (κ1) is 20.6. The van der Waals surface area contributed by atoms with Gasteiger partial charge in [0.25, 0.3) is 5.91 Å². The number of benzene rings is 2. The first-order valence-electron chi connectivity index (χ1n) is 9.56. The third-order valence-electron chi connectivity index (χ3n) is 4.58. The Morgan fingerprint density at radius 2 is 1.84 bits per heavy atom. The van der Waals surface area contributed by atoms with Crippen LogP contribution in [0.3, 0.4) is 0 Å². The van der Waals surface area contributed by atoms with Crippen LogP contribution in [-0.4, -0.2) is 33.0 Å². The van der Waals surface area contributed by atoms with Gasteiger partial charge in [0.05, 0.1) is 24.2 Å². The summed E-state index contributed by atoms with van der Waals surface area (Å²) in [6.45, 7) is 0.0535. The minimum absolute atomic E-state index is 0.123. The second-order valence-corrected chi connectivity index (χ2v) is 7.62. The Bertz CT molecular complexity index is 1160. The third-order valence-corrected chi connectivity index (χ3v) is 5.27. The molecule has 2 heterocycles. The second kappa shape index (κ2) is 9.44. The Labute approximate surface area is 187 Å². The fourth-order valence-electron chi connectivity index (χ4n) is 3.08. The highest BCUT2D eigenvalue weighted by molar-refractivity contribution is 9.10. The quantitative estimate of drug-likeness (QED) is 0.423. The summed E-state index contributed by atoms with van der Waals surface area (Å²) in [6.07, 6.45) is 5.05. The molecule has 8 heteroatoms. The summed E-state index contributed by atoms with van der Waals surface area (Å²) in [5, 5.41) is 7.02. The van der Waals surface area contributed by atoms with E-state index in [1.807, 2.05) is 42.6 Å². The van der Waals surface area contributed by atoms with Crippen molar-refractivity contribution < 1.29 is 14.0 Å². The van der Waals surface area contributed by atoms with E-state index in [-0.39, 0.29) is 24.9 Å². The molecule has 7 nitrogen and oxygen atoms in total. The van der Waals surface area contributed by atoms with Gasteiger partial charge in [0.15, 0.2) is 0 Å². The van der Waals surface area contributed by atoms with Gasteiger partial charge in [-0.25, -0.2) is 4.68 Å². The van der Waals surface area contributed by atoms with Crippen molar-refractivity contribution in [1.82, 2.24) is 14.7 Å². The van der Waals surface area contributed by atoms with Crippen LogP contribution in [0.5, 0.6) is 0 Å². The molecule has 156 valence electrons. The number of carbonyl (C=O) groups excluding carboxylic acids is 2. The molecule has 1 N–H and O–H groups in total. The van der Waals surface area contributed by atoms with Crippen LogP contribution in [0.15, 0.2) is 94.3 Å². The molecule has 0 radical (unpaired) electrons. The summed E-state index contributed by atoms with van der Waals surface area (Å²) in [5.74, 6) is 0.0147. The normalized spacial score (nSPS) is 10.6. The lowest BCUT2D eigenvalue weighted by Gasteiger charge is -2.21. The molecule has 0 saturated heterocycles. The van der Waals surface area contributed by atoms with Crippen LogP contribution in [0, 0.1) is 0 Å². The molecule has 0 bridgehead atoms. The second-order valence-electron chi connectivity index (χ2n) is 6.77. The molecular formula is C23H19BrN4O3. The Balaban J connectivity index is 1.52. The largest absolute Gasteiger partial charge is 0.467 e. The number of amides is 2. The van der Waals surface area contributed by atoms with Crippen molar-refractivity contribution in [3.8, 4) is 5.69 Å². The highest BCUT2D eigenvalue weighted by atomic mass is 79.9. The topological polar surface area (TPSA) is 80.4 Å². The zero-order valence-electron chi connectivity index (χ0n) is 16.4. The smallest absolute Gasteiger partial charge is 0.254 e. The number of rotatable bonds is 7. The lowest BCUT2D eigenvalue weighted by molar-refractivity contribution is -0.117. The van der Waals surface area contributed by atoms with Gasteiger partial charge >= 0.3 is 0 Å². The number of nitrogens with zero attached hydrogens (tertiary/aromatic N) is 3. The van der Waals surface area contributed by atoms with Crippen LogP contribution < -0.4 is 5.32 Å². The molecule has 0 aliphatic carbocycles. The lowest BCUT2D eigenvalue weighted by atomic mass is 10.1. The average Bonchev–Trinajstić information content (AvgIpc) is 3.49. The number of aromatic nitrogens is 2. The molecule has 4 aromatic rings. The fraction of sp³-hybridized carbons (Fsp3) is 0.0870. The zero-order valence-corrected chi connectivity index (χ0v) is 18.0. The van der Waals surface area contributed by atoms with Gasteiger partial charge in [-0.15, -0.1) is 0 Å². The van der Waals surface area contributed by atoms with Gasteiger partial charge in [0.1, 0.15) is 12.3 Å². The average molecular weight is 479 g/mol. The molecule has 0 aliphatic rings. The van der Waals surface area contributed by atoms with Crippen LogP contribution >= 0.6 is 15.9 Å². The molecule has 0 atom stereocenters. The van der Waals surface area contributed by atoms with Gasteiger partial charge in [0.2, 0.25) is 5.91 Å². The summed E-state index contributed by atoms with van der Waals surface area (Å²) in [7, 11) is 0. The molecule has 0 unspecified atom stereocenters. The fourth-order valence-corrected chi connectivity index (χ4v) is 3.46. The minimum atomic E-state index is -0.306. The lowest BCUT2D eigenvalue weighted by Crippen LogP contribution is -2.37. The van der Waals surface area contributed by atoms with E-state index in [2.05, 4.69) is 26.3 Å². The SMILES string of the molecule is O=C(CN(Cc1ccco1)C(=O)c1ccc(-n2cccn2)cc1)Nc1ccccc1Br. The van der Waals surface area contributed by atoms with E-state index in [0.717, 1.165) is 10.2 Å². The molecule has 2 aromatic carbocycles. The van der Waals surface area contributed by atoms with Crippen LogP contribution in [0.1, 0.15) is 16.1 Å². The van der Waals surface area contributed by atoms with Gasteiger partial charge in [-0.05, 0) is 70.5 Å². The van der Waals surface area contributed by atoms with Crippen molar-refractivity contribution >= 4 is 33.4 Å². The van der Waals surface area contributed by atoms with Gasteiger partial charge in [-0.3, -0.25) is 9.59 Å². The predicted molar refractivity (Wildman–Crippen MR) is 120 cm³/mol. The van der Waals surface area contributed by atoms with Crippen LogP contribution in [-0.2, 0) is 11.3 Å². The Morgan fingerprint density at radius 1 is 1.03 bits per heavy atom. The van der Waals surface area contributed by atoms with Gasteiger partial charge < -0.3 is 14.6 Å². The van der Waals surface area contributed by atoms with E-state index in [1.165, 1.54) is 11.2 Å². The summed E-state index contributed by atoms with van der Waals surface area (Å²) >= 11 is 3.41. The Kier molecular flexibility index (Phi) is 6.28. The van der Waals surface area contributed by atoms with Crippen molar-refractivity contribution in [2.24, 2.45) is 0 Å². The number of furan rings is 1. The van der Waals surface area contributed by atoms with Crippen molar-refractivity contribution in [2.45, 2.75) is 6.54 Å².